The minimum Gasteiger partial charge on any atom is -0.468 e. The summed E-state index contributed by atoms with van der Waals surface area (Å²) in [6.07, 6.45) is 1.03. The first kappa shape index (κ1) is 16.7. The van der Waals surface area contributed by atoms with Gasteiger partial charge in [-0.05, 0) is 30.6 Å². The second kappa shape index (κ2) is 5.86. The van der Waals surface area contributed by atoms with Crippen LogP contribution in [0.3, 0.4) is 0 Å². The van der Waals surface area contributed by atoms with Crippen LogP contribution in [0.5, 0.6) is 0 Å². The van der Waals surface area contributed by atoms with Crippen LogP contribution in [0.2, 0.25) is 0 Å². The van der Waals surface area contributed by atoms with E-state index < -0.39 is 17.4 Å². The molecule has 5 nitrogen and oxygen atoms in total. The Hall–Kier alpha value is -1.65. The molecule has 0 aromatic heterocycles. The SMILES string of the molecule is C=C(C(C)C)[C@@H]1C(=O)C[C@H]2CC(C(=O)OC)(C(=O)OC)C[C@H]21. The Bertz CT molecular complexity index is 503. The van der Waals surface area contributed by atoms with E-state index in [9.17, 15) is 14.4 Å². The zero-order chi connectivity index (χ0) is 16.7. The van der Waals surface area contributed by atoms with Gasteiger partial charge in [0.2, 0.25) is 0 Å². The molecule has 0 unspecified atom stereocenters. The van der Waals surface area contributed by atoms with E-state index in [0.717, 1.165) is 5.57 Å². The van der Waals surface area contributed by atoms with Crippen LogP contribution in [-0.2, 0) is 23.9 Å². The number of ketones is 1. The Morgan fingerprint density at radius 1 is 1.18 bits per heavy atom. The van der Waals surface area contributed by atoms with Crippen molar-refractivity contribution in [2.75, 3.05) is 14.2 Å². The number of Topliss-reactive ketones (excluding diaryl/α,β-unsaturated/α-hetero) is 1. The van der Waals surface area contributed by atoms with Gasteiger partial charge in [0.15, 0.2) is 5.41 Å². The lowest BCUT2D eigenvalue weighted by Gasteiger charge is -2.26. The van der Waals surface area contributed by atoms with Gasteiger partial charge in [0.1, 0.15) is 5.78 Å². The maximum Gasteiger partial charge on any atom is 0.323 e. The van der Waals surface area contributed by atoms with Crippen LogP contribution < -0.4 is 0 Å². The third-order valence-electron chi connectivity index (χ3n) is 5.33. The van der Waals surface area contributed by atoms with Crippen LogP contribution in [0.1, 0.15) is 33.1 Å². The zero-order valence-electron chi connectivity index (χ0n) is 13.7. The number of hydrogen-bond donors (Lipinski definition) is 0. The second-order valence-electron chi connectivity index (χ2n) is 6.78. The van der Waals surface area contributed by atoms with Gasteiger partial charge in [-0.15, -0.1) is 0 Å². The maximum absolute atomic E-state index is 12.3. The van der Waals surface area contributed by atoms with Gasteiger partial charge < -0.3 is 9.47 Å². The molecule has 2 rings (SSSR count). The molecule has 0 aromatic rings. The molecule has 3 atom stereocenters. The van der Waals surface area contributed by atoms with Crippen molar-refractivity contribution < 1.29 is 23.9 Å². The molecule has 5 heteroatoms. The van der Waals surface area contributed by atoms with Gasteiger partial charge in [-0.1, -0.05) is 26.0 Å². The Morgan fingerprint density at radius 3 is 2.18 bits per heavy atom. The van der Waals surface area contributed by atoms with E-state index in [2.05, 4.69) is 6.58 Å². The van der Waals surface area contributed by atoms with Gasteiger partial charge in [0, 0.05) is 12.3 Å². The van der Waals surface area contributed by atoms with Crippen molar-refractivity contribution in [2.45, 2.75) is 33.1 Å². The number of carbonyl (C=O) groups excluding carboxylic acids is 3. The summed E-state index contributed by atoms with van der Waals surface area (Å²) in [6.45, 7) is 8.08. The van der Waals surface area contributed by atoms with Crippen LogP contribution in [-0.4, -0.2) is 31.9 Å². The quantitative estimate of drug-likeness (QED) is 0.452. The molecule has 0 aliphatic heterocycles. The summed E-state index contributed by atoms with van der Waals surface area (Å²) < 4.78 is 9.70. The summed E-state index contributed by atoms with van der Waals surface area (Å²) in [5, 5.41) is 0. The topological polar surface area (TPSA) is 69.7 Å². The largest absolute Gasteiger partial charge is 0.468 e. The van der Waals surface area contributed by atoms with Crippen LogP contribution in [0.15, 0.2) is 12.2 Å². The number of fused-ring (bicyclic) bond motifs is 1. The van der Waals surface area contributed by atoms with Crippen molar-refractivity contribution in [3.63, 3.8) is 0 Å². The Labute approximate surface area is 131 Å². The minimum atomic E-state index is -1.27. The molecule has 2 saturated carbocycles. The van der Waals surface area contributed by atoms with Crippen molar-refractivity contribution >= 4 is 17.7 Å². The average molecular weight is 308 g/mol. The third kappa shape index (κ3) is 2.36. The Morgan fingerprint density at radius 2 is 1.73 bits per heavy atom. The first-order chi connectivity index (χ1) is 10.3. The standard InChI is InChI=1S/C17H24O5/c1-9(2)10(3)14-12-8-17(15(19)21-4,16(20)22-5)7-11(12)6-13(14)18/h9,11-12,14H,3,6-8H2,1-2,4-5H3/t11-,12+,14-/m0/s1. The molecule has 0 saturated heterocycles. The van der Waals surface area contributed by atoms with Gasteiger partial charge in [-0.2, -0.15) is 0 Å². The van der Waals surface area contributed by atoms with E-state index >= 15 is 0 Å². The minimum absolute atomic E-state index is 0.0196. The monoisotopic (exact) mass is 308 g/mol. The fraction of sp³-hybridized carbons (Fsp3) is 0.706. The van der Waals surface area contributed by atoms with E-state index in [4.69, 9.17) is 9.47 Å². The van der Waals surface area contributed by atoms with Gasteiger partial charge in [-0.3, -0.25) is 14.4 Å². The lowest BCUT2D eigenvalue weighted by molar-refractivity contribution is -0.169. The van der Waals surface area contributed by atoms with Crippen molar-refractivity contribution in [3.05, 3.63) is 12.2 Å². The molecule has 2 aliphatic carbocycles. The summed E-state index contributed by atoms with van der Waals surface area (Å²) in [5.74, 6) is -1.02. The number of ether oxygens (including phenoxy) is 2. The molecule has 122 valence electrons. The summed E-state index contributed by atoms with van der Waals surface area (Å²) in [5.41, 5.74) is -0.377. The number of allylic oxidation sites excluding steroid dienone is 1. The van der Waals surface area contributed by atoms with E-state index in [1.807, 2.05) is 13.8 Å². The number of methoxy groups -OCH3 is 2. The average Bonchev–Trinajstić information content (AvgIpc) is 2.98. The molecule has 0 aromatic carbocycles. The van der Waals surface area contributed by atoms with Crippen LogP contribution >= 0.6 is 0 Å². The van der Waals surface area contributed by atoms with Crippen LogP contribution in [0.25, 0.3) is 0 Å². The second-order valence-corrected chi connectivity index (χ2v) is 6.78. The first-order valence-corrected chi connectivity index (χ1v) is 7.66. The fourth-order valence-corrected chi connectivity index (χ4v) is 4.14. The van der Waals surface area contributed by atoms with Crippen molar-refractivity contribution in [1.29, 1.82) is 0 Å². The molecule has 0 amide bonds. The molecule has 0 heterocycles. The number of carbonyl (C=O) groups is 3. The highest BCUT2D eigenvalue weighted by Crippen LogP contribution is 2.57. The predicted octanol–water partition coefficient (Wildman–Crippen LogP) is 2.15. The highest BCUT2D eigenvalue weighted by molar-refractivity contribution is 6.01. The van der Waals surface area contributed by atoms with E-state index in [0.29, 0.717) is 19.3 Å². The Balaban J connectivity index is 2.34. The molecule has 0 spiro atoms. The summed E-state index contributed by atoms with van der Waals surface area (Å²) >= 11 is 0. The lowest BCUT2D eigenvalue weighted by atomic mass is 9.78. The van der Waals surface area contributed by atoms with E-state index in [1.54, 1.807) is 0 Å². The number of rotatable bonds is 4. The number of esters is 2. The summed E-state index contributed by atoms with van der Waals surface area (Å²) in [4.78, 5) is 36.8. The molecule has 2 aliphatic rings. The smallest absolute Gasteiger partial charge is 0.323 e. The molecule has 0 bridgehead atoms. The van der Waals surface area contributed by atoms with Gasteiger partial charge in [0.25, 0.3) is 0 Å². The highest BCUT2D eigenvalue weighted by atomic mass is 16.5. The van der Waals surface area contributed by atoms with Crippen molar-refractivity contribution in [3.8, 4) is 0 Å². The highest BCUT2D eigenvalue weighted by Gasteiger charge is 2.62. The summed E-state index contributed by atoms with van der Waals surface area (Å²) in [6, 6.07) is 0. The lowest BCUT2D eigenvalue weighted by Crippen LogP contribution is -2.40. The normalized spacial score (nSPS) is 29.3. The van der Waals surface area contributed by atoms with Gasteiger partial charge >= 0.3 is 11.9 Å². The molecule has 0 radical (unpaired) electrons. The molecule has 2 fully saturated rings. The van der Waals surface area contributed by atoms with Crippen molar-refractivity contribution in [2.24, 2.45) is 29.1 Å². The molecule has 0 N–H and O–H groups in total. The van der Waals surface area contributed by atoms with E-state index in [1.165, 1.54) is 14.2 Å². The zero-order valence-corrected chi connectivity index (χ0v) is 13.7. The Kier molecular flexibility index (Phi) is 4.45. The first-order valence-electron chi connectivity index (χ1n) is 7.66. The molecular weight excluding hydrogens is 284 g/mol. The van der Waals surface area contributed by atoms with Gasteiger partial charge in [0.05, 0.1) is 14.2 Å². The third-order valence-corrected chi connectivity index (χ3v) is 5.33. The summed E-state index contributed by atoms with van der Waals surface area (Å²) in [7, 11) is 2.55. The number of hydrogen-bond acceptors (Lipinski definition) is 5. The molecule has 22 heavy (non-hydrogen) atoms. The molecular formula is C17H24O5. The predicted molar refractivity (Wildman–Crippen MR) is 79.8 cm³/mol. The van der Waals surface area contributed by atoms with Crippen LogP contribution in [0.4, 0.5) is 0 Å². The van der Waals surface area contributed by atoms with E-state index in [-0.39, 0.29) is 29.5 Å². The van der Waals surface area contributed by atoms with Crippen LogP contribution in [0, 0.1) is 29.1 Å². The fourth-order valence-electron chi connectivity index (χ4n) is 4.14. The maximum atomic E-state index is 12.3. The van der Waals surface area contributed by atoms with Gasteiger partial charge in [-0.25, -0.2) is 0 Å². The van der Waals surface area contributed by atoms with Crippen molar-refractivity contribution in [1.82, 2.24) is 0 Å².